The quantitative estimate of drug-likeness (QED) is 0.873. The molecule has 0 aromatic heterocycles. The number of nitrogens with one attached hydrogen (secondary N) is 1. The van der Waals surface area contributed by atoms with E-state index in [9.17, 15) is 8.78 Å². The molecular formula is C16H14ClF2N. The van der Waals surface area contributed by atoms with E-state index in [2.05, 4.69) is 5.32 Å². The van der Waals surface area contributed by atoms with Crippen LogP contribution in [0, 0.1) is 11.6 Å². The second-order valence-corrected chi connectivity index (χ2v) is 5.55. The van der Waals surface area contributed by atoms with Crippen LogP contribution in [0.4, 0.5) is 8.78 Å². The molecule has 3 rings (SSSR count). The molecule has 1 aliphatic rings. The first-order valence-corrected chi connectivity index (χ1v) is 6.98. The third-order valence-corrected chi connectivity index (χ3v) is 3.62. The van der Waals surface area contributed by atoms with E-state index < -0.39 is 5.82 Å². The van der Waals surface area contributed by atoms with E-state index in [1.165, 1.54) is 24.3 Å². The third kappa shape index (κ3) is 3.17. The summed E-state index contributed by atoms with van der Waals surface area (Å²) in [6, 6.07) is 9.44. The number of rotatable bonds is 4. The monoisotopic (exact) mass is 293 g/mol. The van der Waals surface area contributed by atoms with Gasteiger partial charge in [0.05, 0.1) is 0 Å². The van der Waals surface area contributed by atoms with Gasteiger partial charge in [-0.15, -0.1) is 0 Å². The van der Waals surface area contributed by atoms with Gasteiger partial charge in [0.15, 0.2) is 0 Å². The molecule has 0 saturated heterocycles. The zero-order valence-electron chi connectivity index (χ0n) is 10.8. The van der Waals surface area contributed by atoms with E-state index >= 15 is 0 Å². The van der Waals surface area contributed by atoms with Crippen LogP contribution >= 0.6 is 11.6 Å². The molecule has 1 saturated carbocycles. The van der Waals surface area contributed by atoms with Crippen LogP contribution in [-0.2, 0) is 6.54 Å². The minimum Gasteiger partial charge on any atom is -0.310 e. The molecule has 1 nitrogen and oxygen atoms in total. The van der Waals surface area contributed by atoms with E-state index in [1.807, 2.05) is 0 Å². The van der Waals surface area contributed by atoms with E-state index in [0.717, 1.165) is 24.0 Å². The van der Waals surface area contributed by atoms with Gasteiger partial charge >= 0.3 is 0 Å². The van der Waals surface area contributed by atoms with Gasteiger partial charge in [-0.3, -0.25) is 0 Å². The molecule has 20 heavy (non-hydrogen) atoms. The lowest BCUT2D eigenvalue weighted by Crippen LogP contribution is -2.16. The van der Waals surface area contributed by atoms with Gasteiger partial charge in [-0.1, -0.05) is 17.7 Å². The predicted molar refractivity (Wildman–Crippen MR) is 76.7 cm³/mol. The summed E-state index contributed by atoms with van der Waals surface area (Å²) in [7, 11) is 0. The van der Waals surface area contributed by atoms with Crippen molar-refractivity contribution in [1.29, 1.82) is 0 Å². The van der Waals surface area contributed by atoms with Crippen LogP contribution < -0.4 is 5.32 Å². The summed E-state index contributed by atoms with van der Waals surface area (Å²) < 4.78 is 26.9. The van der Waals surface area contributed by atoms with Crippen molar-refractivity contribution in [2.75, 3.05) is 0 Å². The molecule has 2 aromatic carbocycles. The van der Waals surface area contributed by atoms with Crippen LogP contribution in [0.1, 0.15) is 18.4 Å². The molecule has 0 heterocycles. The first-order chi connectivity index (χ1) is 9.61. The predicted octanol–water partition coefficient (Wildman–Crippen LogP) is 4.54. The molecular weight excluding hydrogens is 280 g/mol. The standard InChI is InChI=1S/C16H14ClF2N/c17-12-5-10(6-14(19)8-12)16-4-1-13(18)7-11(16)9-20-15-2-3-15/h1,4-8,15,20H,2-3,9H2. The van der Waals surface area contributed by atoms with Gasteiger partial charge in [-0.05, 0) is 59.9 Å². The minimum atomic E-state index is -0.391. The summed E-state index contributed by atoms with van der Waals surface area (Å²) in [6.45, 7) is 0.575. The van der Waals surface area contributed by atoms with E-state index in [-0.39, 0.29) is 5.82 Å². The Kier molecular flexibility index (Phi) is 3.72. The highest BCUT2D eigenvalue weighted by atomic mass is 35.5. The fraction of sp³-hybridized carbons (Fsp3) is 0.250. The van der Waals surface area contributed by atoms with Crippen LogP contribution in [0.15, 0.2) is 36.4 Å². The van der Waals surface area contributed by atoms with Gasteiger partial charge in [0.2, 0.25) is 0 Å². The SMILES string of the molecule is Fc1cc(Cl)cc(-c2ccc(F)cc2CNC2CC2)c1. The zero-order chi connectivity index (χ0) is 14.1. The molecule has 0 spiro atoms. The summed E-state index contributed by atoms with van der Waals surface area (Å²) in [5.41, 5.74) is 2.29. The largest absolute Gasteiger partial charge is 0.310 e. The lowest BCUT2D eigenvalue weighted by Gasteiger charge is -2.11. The Bertz CT molecular complexity index is 618. The average molecular weight is 294 g/mol. The van der Waals surface area contributed by atoms with Crippen LogP contribution in [0.25, 0.3) is 11.1 Å². The Hall–Kier alpha value is -1.45. The highest BCUT2D eigenvalue weighted by molar-refractivity contribution is 6.30. The summed E-state index contributed by atoms with van der Waals surface area (Å²) >= 11 is 5.89. The molecule has 1 fully saturated rings. The molecule has 0 radical (unpaired) electrons. The van der Waals surface area contributed by atoms with Crippen molar-refractivity contribution in [2.24, 2.45) is 0 Å². The molecule has 1 aliphatic carbocycles. The summed E-state index contributed by atoms with van der Waals surface area (Å²) in [6.07, 6.45) is 2.33. The third-order valence-electron chi connectivity index (χ3n) is 3.40. The molecule has 0 aliphatic heterocycles. The van der Waals surface area contributed by atoms with E-state index in [0.29, 0.717) is 23.2 Å². The zero-order valence-corrected chi connectivity index (χ0v) is 11.6. The number of benzene rings is 2. The highest BCUT2D eigenvalue weighted by Gasteiger charge is 2.20. The highest BCUT2D eigenvalue weighted by Crippen LogP contribution is 2.29. The van der Waals surface area contributed by atoms with Gasteiger partial charge < -0.3 is 5.32 Å². The summed E-state index contributed by atoms with van der Waals surface area (Å²) in [5, 5.41) is 3.68. The Morgan fingerprint density at radius 1 is 1.05 bits per heavy atom. The second kappa shape index (κ2) is 5.51. The van der Waals surface area contributed by atoms with Crippen molar-refractivity contribution in [2.45, 2.75) is 25.4 Å². The molecule has 0 bridgehead atoms. The average Bonchev–Trinajstić information content (AvgIpc) is 3.19. The fourth-order valence-electron chi connectivity index (χ4n) is 2.24. The first kappa shape index (κ1) is 13.5. The minimum absolute atomic E-state index is 0.288. The van der Waals surface area contributed by atoms with Crippen LogP contribution in [0.3, 0.4) is 0 Å². The van der Waals surface area contributed by atoms with Gasteiger partial charge in [0.25, 0.3) is 0 Å². The fourth-order valence-corrected chi connectivity index (χ4v) is 2.46. The van der Waals surface area contributed by atoms with Gasteiger partial charge in [0.1, 0.15) is 11.6 Å². The topological polar surface area (TPSA) is 12.0 Å². The van der Waals surface area contributed by atoms with E-state index in [4.69, 9.17) is 11.6 Å². The van der Waals surface area contributed by atoms with Crippen LogP contribution in [-0.4, -0.2) is 6.04 Å². The van der Waals surface area contributed by atoms with Crippen molar-refractivity contribution < 1.29 is 8.78 Å². The molecule has 4 heteroatoms. The van der Waals surface area contributed by atoms with Gasteiger partial charge in [0, 0.05) is 17.6 Å². The van der Waals surface area contributed by atoms with E-state index in [1.54, 1.807) is 12.1 Å². The summed E-state index contributed by atoms with van der Waals surface area (Å²) in [4.78, 5) is 0. The van der Waals surface area contributed by atoms with Crippen LogP contribution in [0.5, 0.6) is 0 Å². The Morgan fingerprint density at radius 3 is 2.55 bits per heavy atom. The van der Waals surface area contributed by atoms with Crippen molar-refractivity contribution in [1.82, 2.24) is 5.32 Å². The Balaban J connectivity index is 1.97. The molecule has 0 atom stereocenters. The summed E-state index contributed by atoms with van der Waals surface area (Å²) in [5.74, 6) is -0.679. The van der Waals surface area contributed by atoms with Gasteiger partial charge in [-0.2, -0.15) is 0 Å². The molecule has 1 N–H and O–H groups in total. The van der Waals surface area contributed by atoms with Gasteiger partial charge in [-0.25, -0.2) is 8.78 Å². The molecule has 0 unspecified atom stereocenters. The molecule has 2 aromatic rings. The second-order valence-electron chi connectivity index (χ2n) is 5.11. The normalized spacial score (nSPS) is 14.6. The number of hydrogen-bond donors (Lipinski definition) is 1. The van der Waals surface area contributed by atoms with Crippen molar-refractivity contribution in [3.8, 4) is 11.1 Å². The van der Waals surface area contributed by atoms with Crippen molar-refractivity contribution >= 4 is 11.6 Å². The molecule has 104 valence electrons. The van der Waals surface area contributed by atoms with Crippen molar-refractivity contribution in [3.05, 3.63) is 58.6 Å². The number of halogens is 3. The smallest absolute Gasteiger partial charge is 0.125 e. The number of hydrogen-bond acceptors (Lipinski definition) is 1. The Labute approximate surface area is 121 Å². The Morgan fingerprint density at radius 2 is 1.85 bits per heavy atom. The maximum Gasteiger partial charge on any atom is 0.125 e. The van der Waals surface area contributed by atoms with Crippen LogP contribution in [0.2, 0.25) is 5.02 Å². The van der Waals surface area contributed by atoms with Crippen molar-refractivity contribution in [3.63, 3.8) is 0 Å². The lowest BCUT2D eigenvalue weighted by atomic mass is 9.99. The maximum atomic E-state index is 13.5. The molecule has 0 amide bonds. The maximum absolute atomic E-state index is 13.5. The lowest BCUT2D eigenvalue weighted by molar-refractivity contribution is 0.620. The first-order valence-electron chi connectivity index (χ1n) is 6.60.